The lowest BCUT2D eigenvalue weighted by Gasteiger charge is -2.38. The Morgan fingerprint density at radius 2 is 1.82 bits per heavy atom. The molecule has 0 saturated carbocycles. The maximum Gasteiger partial charge on any atom is 0.335 e. The SMILES string of the molecule is COc1ccc([C@@H]2Nc3ccc(C(=O)O)cc3[C@@H]3c4ccccc4C[C@@H]32)cc1. The van der Waals surface area contributed by atoms with Crippen LogP contribution in [0.5, 0.6) is 5.75 Å². The number of rotatable bonds is 3. The van der Waals surface area contributed by atoms with E-state index in [1.54, 1.807) is 13.2 Å². The summed E-state index contributed by atoms with van der Waals surface area (Å²) < 4.78 is 5.31. The molecule has 0 bridgehead atoms. The summed E-state index contributed by atoms with van der Waals surface area (Å²) in [7, 11) is 1.67. The van der Waals surface area contributed by atoms with Gasteiger partial charge in [-0.15, -0.1) is 0 Å². The number of ether oxygens (including phenoxy) is 1. The fraction of sp³-hybridized carbons (Fsp3) is 0.208. The highest BCUT2D eigenvalue weighted by Gasteiger charge is 2.43. The van der Waals surface area contributed by atoms with E-state index >= 15 is 0 Å². The van der Waals surface area contributed by atoms with E-state index in [-0.39, 0.29) is 12.0 Å². The maximum atomic E-state index is 11.5. The van der Waals surface area contributed by atoms with Crippen LogP contribution in [0, 0.1) is 5.92 Å². The van der Waals surface area contributed by atoms with Gasteiger partial charge in [0, 0.05) is 11.6 Å². The first-order chi connectivity index (χ1) is 13.7. The highest BCUT2D eigenvalue weighted by molar-refractivity contribution is 5.89. The summed E-state index contributed by atoms with van der Waals surface area (Å²) in [5, 5.41) is 13.2. The number of aromatic carboxylic acids is 1. The van der Waals surface area contributed by atoms with Crippen molar-refractivity contribution in [3.8, 4) is 5.75 Å². The lowest BCUT2D eigenvalue weighted by Crippen LogP contribution is -2.30. The molecule has 0 unspecified atom stereocenters. The molecule has 3 aromatic rings. The molecule has 0 aromatic heterocycles. The molecular weight excluding hydrogens is 350 g/mol. The number of anilines is 1. The number of carboxylic acid groups (broad SMARTS) is 1. The average Bonchev–Trinajstić information content (AvgIpc) is 3.12. The van der Waals surface area contributed by atoms with Crippen LogP contribution in [0.1, 0.15) is 44.6 Å². The van der Waals surface area contributed by atoms with Crippen molar-refractivity contribution in [1.82, 2.24) is 0 Å². The lowest BCUT2D eigenvalue weighted by molar-refractivity contribution is 0.0696. The molecule has 1 aliphatic heterocycles. The quantitative estimate of drug-likeness (QED) is 0.690. The summed E-state index contributed by atoms with van der Waals surface area (Å²) >= 11 is 0. The van der Waals surface area contributed by atoms with Gasteiger partial charge in [0.15, 0.2) is 0 Å². The highest BCUT2D eigenvalue weighted by Crippen LogP contribution is 2.53. The van der Waals surface area contributed by atoms with Crippen molar-refractivity contribution < 1.29 is 14.6 Å². The molecule has 0 amide bonds. The summed E-state index contributed by atoms with van der Waals surface area (Å²) in [4.78, 5) is 11.5. The Hall–Kier alpha value is -3.27. The van der Waals surface area contributed by atoms with Gasteiger partial charge in [-0.05, 0) is 64.9 Å². The Labute approximate surface area is 163 Å². The van der Waals surface area contributed by atoms with E-state index < -0.39 is 5.97 Å². The van der Waals surface area contributed by atoms with Crippen molar-refractivity contribution in [3.63, 3.8) is 0 Å². The van der Waals surface area contributed by atoms with E-state index in [9.17, 15) is 9.90 Å². The van der Waals surface area contributed by atoms with Gasteiger partial charge in [0.1, 0.15) is 5.75 Å². The third-order valence-electron chi connectivity index (χ3n) is 6.12. The molecule has 140 valence electrons. The molecule has 0 fully saturated rings. The third kappa shape index (κ3) is 2.56. The van der Waals surface area contributed by atoms with Crippen LogP contribution in [0.4, 0.5) is 5.69 Å². The molecule has 0 spiro atoms. The largest absolute Gasteiger partial charge is 0.497 e. The fourth-order valence-electron chi connectivity index (χ4n) is 4.84. The first-order valence-corrected chi connectivity index (χ1v) is 9.51. The van der Waals surface area contributed by atoms with Gasteiger partial charge in [0.2, 0.25) is 0 Å². The first kappa shape index (κ1) is 16.9. The summed E-state index contributed by atoms with van der Waals surface area (Å²) in [5.74, 6) is 0.487. The van der Waals surface area contributed by atoms with Crippen LogP contribution in [0.3, 0.4) is 0 Å². The second-order valence-electron chi connectivity index (χ2n) is 7.55. The van der Waals surface area contributed by atoms with Gasteiger partial charge in [-0.3, -0.25) is 0 Å². The minimum atomic E-state index is -0.886. The van der Waals surface area contributed by atoms with Crippen LogP contribution >= 0.6 is 0 Å². The second kappa shape index (κ2) is 6.41. The molecule has 2 aliphatic rings. The van der Waals surface area contributed by atoms with E-state index in [1.165, 1.54) is 16.7 Å². The smallest absolute Gasteiger partial charge is 0.335 e. The summed E-state index contributed by atoms with van der Waals surface area (Å²) in [6.07, 6.45) is 0.973. The van der Waals surface area contributed by atoms with Crippen LogP contribution in [0.25, 0.3) is 0 Å². The van der Waals surface area contributed by atoms with Gasteiger partial charge in [-0.25, -0.2) is 4.79 Å². The Morgan fingerprint density at radius 3 is 2.57 bits per heavy atom. The summed E-state index contributed by atoms with van der Waals surface area (Å²) in [5.41, 5.74) is 6.33. The van der Waals surface area contributed by atoms with Gasteiger partial charge in [-0.2, -0.15) is 0 Å². The molecular formula is C24H21NO3. The Morgan fingerprint density at radius 1 is 1.04 bits per heavy atom. The monoisotopic (exact) mass is 371 g/mol. The predicted octanol–water partition coefficient (Wildman–Crippen LogP) is 4.86. The zero-order valence-electron chi connectivity index (χ0n) is 15.6. The number of hydrogen-bond acceptors (Lipinski definition) is 3. The van der Waals surface area contributed by atoms with E-state index in [0.717, 1.165) is 23.4 Å². The Balaban J connectivity index is 1.65. The van der Waals surface area contributed by atoms with Crippen molar-refractivity contribution in [1.29, 1.82) is 0 Å². The molecule has 4 nitrogen and oxygen atoms in total. The second-order valence-corrected chi connectivity index (χ2v) is 7.55. The minimum absolute atomic E-state index is 0.159. The summed E-state index contributed by atoms with van der Waals surface area (Å²) in [6.45, 7) is 0. The van der Waals surface area contributed by atoms with Crippen molar-refractivity contribution in [2.24, 2.45) is 5.92 Å². The molecule has 1 heterocycles. The Bertz CT molecular complexity index is 1060. The number of methoxy groups -OCH3 is 1. The average molecular weight is 371 g/mol. The molecule has 3 atom stereocenters. The number of carbonyl (C=O) groups is 1. The number of fused-ring (bicyclic) bond motifs is 5. The highest BCUT2D eigenvalue weighted by atomic mass is 16.5. The molecule has 0 radical (unpaired) electrons. The molecule has 5 rings (SSSR count). The number of hydrogen-bond donors (Lipinski definition) is 2. The van der Waals surface area contributed by atoms with E-state index in [1.807, 2.05) is 24.3 Å². The first-order valence-electron chi connectivity index (χ1n) is 9.51. The van der Waals surface area contributed by atoms with Gasteiger partial charge in [0.25, 0.3) is 0 Å². The third-order valence-corrected chi connectivity index (χ3v) is 6.12. The van der Waals surface area contributed by atoms with Crippen LogP contribution in [-0.4, -0.2) is 18.2 Å². The van der Waals surface area contributed by atoms with Gasteiger partial charge >= 0.3 is 5.97 Å². The lowest BCUT2D eigenvalue weighted by atomic mass is 9.75. The van der Waals surface area contributed by atoms with Crippen molar-refractivity contribution in [2.75, 3.05) is 12.4 Å². The number of carboxylic acids is 1. The Kier molecular flexibility index (Phi) is 3.86. The minimum Gasteiger partial charge on any atom is -0.497 e. The maximum absolute atomic E-state index is 11.5. The van der Waals surface area contributed by atoms with Crippen LogP contribution in [-0.2, 0) is 6.42 Å². The van der Waals surface area contributed by atoms with E-state index in [0.29, 0.717) is 11.5 Å². The number of benzene rings is 3. The van der Waals surface area contributed by atoms with Crippen molar-refractivity contribution in [3.05, 3.63) is 94.5 Å². The zero-order valence-corrected chi connectivity index (χ0v) is 15.6. The van der Waals surface area contributed by atoms with Crippen molar-refractivity contribution in [2.45, 2.75) is 18.4 Å². The van der Waals surface area contributed by atoms with Crippen molar-refractivity contribution >= 4 is 11.7 Å². The summed E-state index contributed by atoms with van der Waals surface area (Å²) in [6, 6.07) is 22.4. The molecule has 1 aliphatic carbocycles. The van der Waals surface area contributed by atoms with Gasteiger partial charge in [0.05, 0.1) is 18.7 Å². The standard InChI is InChI=1S/C24H21NO3/c1-28-17-9-6-14(7-10-17)23-20-12-15-4-2-3-5-18(15)22(20)19-13-16(24(26)27)8-11-21(19)25-23/h2-11,13,20,22-23,25H,12H2,1H3,(H,26,27)/t20-,22-,23-/m0/s1. The van der Waals surface area contributed by atoms with Crippen LogP contribution in [0.2, 0.25) is 0 Å². The predicted molar refractivity (Wildman–Crippen MR) is 108 cm³/mol. The van der Waals surface area contributed by atoms with E-state index in [4.69, 9.17) is 4.74 Å². The molecule has 3 aromatic carbocycles. The van der Waals surface area contributed by atoms with Crippen LogP contribution in [0.15, 0.2) is 66.7 Å². The molecule has 0 saturated heterocycles. The fourth-order valence-corrected chi connectivity index (χ4v) is 4.84. The van der Waals surface area contributed by atoms with Gasteiger partial charge < -0.3 is 15.2 Å². The van der Waals surface area contributed by atoms with Crippen LogP contribution < -0.4 is 10.1 Å². The normalized spacial score (nSPS) is 21.8. The topological polar surface area (TPSA) is 58.6 Å². The van der Waals surface area contributed by atoms with E-state index in [2.05, 4.69) is 41.7 Å². The molecule has 4 heteroatoms. The zero-order chi connectivity index (χ0) is 19.3. The molecule has 2 N–H and O–H groups in total. The number of nitrogens with one attached hydrogen (secondary N) is 1. The molecule has 28 heavy (non-hydrogen) atoms. The van der Waals surface area contributed by atoms with Gasteiger partial charge in [-0.1, -0.05) is 36.4 Å².